The summed E-state index contributed by atoms with van der Waals surface area (Å²) in [5.41, 5.74) is 5.38. The van der Waals surface area contributed by atoms with Gasteiger partial charge < -0.3 is 15.6 Å². The highest BCUT2D eigenvalue weighted by Crippen LogP contribution is 1.89. The van der Waals surface area contributed by atoms with Crippen molar-refractivity contribution in [1.82, 2.24) is 0 Å². The highest BCUT2D eigenvalue weighted by atomic mass is 35.5. The summed E-state index contributed by atoms with van der Waals surface area (Å²) in [5, 5.41) is 8.87. The molecular weight excluding hydrogens is 154 g/mol. The second-order valence-corrected chi connectivity index (χ2v) is 2.63. The highest BCUT2D eigenvalue weighted by Gasteiger charge is 2.01. The van der Waals surface area contributed by atoms with Gasteiger partial charge in [0.2, 0.25) is 0 Å². The molecule has 0 bridgehead atoms. The van der Waals surface area contributed by atoms with E-state index in [9.17, 15) is 0 Å². The molecule has 0 radical (unpaired) electrons. The van der Waals surface area contributed by atoms with Gasteiger partial charge in [0.05, 0.1) is 25.2 Å². The van der Waals surface area contributed by atoms with Gasteiger partial charge in [-0.2, -0.15) is 0 Å². The molecule has 0 aromatic carbocycles. The number of ether oxygens (including phenoxy) is 1. The van der Waals surface area contributed by atoms with Gasteiger partial charge in [0.25, 0.3) is 0 Å². The molecule has 0 amide bonds. The third kappa shape index (κ3) is 6.29. The van der Waals surface area contributed by atoms with E-state index in [2.05, 4.69) is 0 Å². The summed E-state index contributed by atoms with van der Waals surface area (Å²) >= 11 is 5.31. The van der Waals surface area contributed by atoms with Gasteiger partial charge in [-0.15, -0.1) is 11.6 Å². The molecule has 0 rings (SSSR count). The van der Waals surface area contributed by atoms with Crippen LogP contribution in [0.3, 0.4) is 0 Å². The Morgan fingerprint density at radius 3 is 2.60 bits per heavy atom. The number of hydrogen-bond acceptors (Lipinski definition) is 3. The minimum absolute atomic E-state index is 0.0162. The van der Waals surface area contributed by atoms with Crippen LogP contribution >= 0.6 is 11.6 Å². The van der Waals surface area contributed by atoms with Gasteiger partial charge in [-0.25, -0.2) is 0 Å². The molecule has 1 unspecified atom stereocenters. The van der Waals surface area contributed by atoms with Gasteiger partial charge in [-0.1, -0.05) is 0 Å². The normalized spacial score (nSPS) is 16.8. The predicted molar refractivity (Wildman–Crippen MR) is 41.2 cm³/mol. The van der Waals surface area contributed by atoms with Crippen molar-refractivity contribution >= 4 is 11.6 Å². The van der Waals surface area contributed by atoms with E-state index in [0.29, 0.717) is 6.61 Å². The quantitative estimate of drug-likeness (QED) is 0.565. The van der Waals surface area contributed by atoms with Crippen LogP contribution in [0.1, 0.15) is 6.92 Å². The van der Waals surface area contributed by atoms with E-state index >= 15 is 0 Å². The lowest BCUT2D eigenvalue weighted by molar-refractivity contribution is 0.0435. The molecule has 0 heterocycles. The Labute approximate surface area is 66.1 Å². The van der Waals surface area contributed by atoms with Gasteiger partial charge in [-0.3, -0.25) is 0 Å². The fraction of sp³-hybridized carbons (Fsp3) is 1.00. The first-order valence-corrected chi connectivity index (χ1v) is 3.77. The van der Waals surface area contributed by atoms with Crippen LogP contribution in [0.2, 0.25) is 0 Å². The largest absolute Gasteiger partial charge is 0.389 e. The molecule has 4 heteroatoms. The van der Waals surface area contributed by atoms with E-state index in [4.69, 9.17) is 27.2 Å². The van der Waals surface area contributed by atoms with Crippen LogP contribution in [0.25, 0.3) is 0 Å². The molecular formula is C6H14ClNO2. The first-order chi connectivity index (χ1) is 4.66. The Hall–Kier alpha value is 0.170. The summed E-state index contributed by atoms with van der Waals surface area (Å²) < 4.78 is 4.99. The van der Waals surface area contributed by atoms with Crippen molar-refractivity contribution in [2.75, 3.05) is 19.1 Å². The third-order valence-corrected chi connectivity index (χ3v) is 1.23. The molecule has 0 aliphatic carbocycles. The zero-order chi connectivity index (χ0) is 7.98. The van der Waals surface area contributed by atoms with Crippen LogP contribution in [-0.4, -0.2) is 36.3 Å². The Morgan fingerprint density at radius 2 is 2.20 bits per heavy atom. The standard InChI is InChI=1S/C6H14ClNO2/c1-5(8)3-10-4-6(9)2-7/h5-6,9H,2-4,8H2,1H3/t5-,6?/m1/s1. The summed E-state index contributed by atoms with van der Waals surface area (Å²) in [6, 6.07) is 0.0162. The molecule has 0 aliphatic heterocycles. The van der Waals surface area contributed by atoms with Crippen LogP contribution < -0.4 is 5.73 Å². The van der Waals surface area contributed by atoms with Crippen LogP contribution in [0.5, 0.6) is 0 Å². The second-order valence-electron chi connectivity index (χ2n) is 2.32. The molecule has 3 nitrogen and oxygen atoms in total. The fourth-order valence-electron chi connectivity index (χ4n) is 0.435. The average molecular weight is 168 g/mol. The monoisotopic (exact) mass is 167 g/mol. The van der Waals surface area contributed by atoms with Gasteiger partial charge in [0.1, 0.15) is 0 Å². The Balaban J connectivity index is 3.03. The smallest absolute Gasteiger partial charge is 0.0908 e. The van der Waals surface area contributed by atoms with Crippen LogP contribution in [0.15, 0.2) is 0 Å². The Morgan fingerprint density at radius 1 is 1.60 bits per heavy atom. The molecule has 0 saturated heterocycles. The number of alkyl halides is 1. The zero-order valence-corrected chi connectivity index (χ0v) is 6.84. The summed E-state index contributed by atoms with van der Waals surface area (Å²) in [6.45, 7) is 2.58. The van der Waals surface area contributed by atoms with E-state index in [0.717, 1.165) is 0 Å². The summed E-state index contributed by atoms with van der Waals surface area (Å²) in [7, 11) is 0. The Kier molecular flexibility index (Phi) is 6.02. The van der Waals surface area contributed by atoms with Gasteiger partial charge in [0, 0.05) is 6.04 Å². The molecule has 0 fully saturated rings. The van der Waals surface area contributed by atoms with Crippen molar-refractivity contribution in [2.24, 2.45) is 5.73 Å². The van der Waals surface area contributed by atoms with E-state index in [1.54, 1.807) is 0 Å². The van der Waals surface area contributed by atoms with Crippen molar-refractivity contribution in [3.05, 3.63) is 0 Å². The third-order valence-electron chi connectivity index (χ3n) is 0.869. The van der Waals surface area contributed by atoms with Gasteiger partial charge >= 0.3 is 0 Å². The van der Waals surface area contributed by atoms with Crippen molar-refractivity contribution in [2.45, 2.75) is 19.1 Å². The van der Waals surface area contributed by atoms with E-state index in [1.807, 2.05) is 6.92 Å². The minimum Gasteiger partial charge on any atom is -0.389 e. The predicted octanol–water partition coefficient (Wildman–Crippen LogP) is -0.0501. The molecule has 0 aromatic rings. The topological polar surface area (TPSA) is 55.5 Å². The second kappa shape index (κ2) is 5.92. The van der Waals surface area contributed by atoms with Crippen molar-refractivity contribution in [3.63, 3.8) is 0 Å². The SMILES string of the molecule is C[C@@H](N)COCC(O)CCl. The maximum absolute atomic E-state index is 8.87. The molecule has 0 aromatic heterocycles. The van der Waals surface area contributed by atoms with Gasteiger partial charge in [0.15, 0.2) is 0 Å². The van der Waals surface area contributed by atoms with E-state index < -0.39 is 6.10 Å². The maximum Gasteiger partial charge on any atom is 0.0908 e. The zero-order valence-electron chi connectivity index (χ0n) is 6.09. The minimum atomic E-state index is -0.569. The van der Waals surface area contributed by atoms with Crippen molar-refractivity contribution in [3.8, 4) is 0 Å². The number of rotatable bonds is 5. The average Bonchev–Trinajstić information content (AvgIpc) is 1.87. The number of aliphatic hydroxyl groups excluding tert-OH is 1. The molecule has 0 saturated carbocycles. The number of aliphatic hydroxyl groups is 1. The number of hydrogen-bond donors (Lipinski definition) is 2. The molecule has 0 spiro atoms. The number of halogens is 1. The van der Waals surface area contributed by atoms with Gasteiger partial charge in [-0.05, 0) is 6.92 Å². The summed E-state index contributed by atoms with van der Waals surface area (Å²) in [6.07, 6.45) is -0.569. The summed E-state index contributed by atoms with van der Waals surface area (Å²) in [4.78, 5) is 0. The van der Waals surface area contributed by atoms with E-state index in [1.165, 1.54) is 0 Å². The molecule has 10 heavy (non-hydrogen) atoms. The fourth-order valence-corrected chi connectivity index (χ4v) is 0.524. The highest BCUT2D eigenvalue weighted by molar-refractivity contribution is 6.18. The lowest BCUT2D eigenvalue weighted by Gasteiger charge is -2.09. The Bertz CT molecular complexity index is 80.1. The van der Waals surface area contributed by atoms with Crippen LogP contribution in [0.4, 0.5) is 0 Å². The van der Waals surface area contributed by atoms with Crippen molar-refractivity contribution < 1.29 is 9.84 Å². The first kappa shape index (κ1) is 10.2. The number of nitrogens with two attached hydrogens (primary N) is 1. The van der Waals surface area contributed by atoms with Crippen LogP contribution in [-0.2, 0) is 4.74 Å². The van der Waals surface area contributed by atoms with Crippen molar-refractivity contribution in [1.29, 1.82) is 0 Å². The molecule has 62 valence electrons. The molecule has 0 aliphatic rings. The van der Waals surface area contributed by atoms with Crippen LogP contribution in [0, 0.1) is 0 Å². The first-order valence-electron chi connectivity index (χ1n) is 3.24. The molecule has 3 N–H and O–H groups in total. The summed E-state index contributed by atoms with van der Waals surface area (Å²) in [5.74, 6) is 0.207. The molecule has 2 atom stereocenters. The lowest BCUT2D eigenvalue weighted by atomic mass is 10.4. The maximum atomic E-state index is 8.87. The van der Waals surface area contributed by atoms with E-state index in [-0.39, 0.29) is 18.5 Å². The lowest BCUT2D eigenvalue weighted by Crippen LogP contribution is -2.25.